The van der Waals surface area contributed by atoms with E-state index in [1.807, 2.05) is 61.5 Å². The lowest BCUT2D eigenvalue weighted by Gasteiger charge is -2.22. The number of thioether (sulfide) groups is 1. The van der Waals surface area contributed by atoms with Crippen LogP contribution in [-0.4, -0.2) is 23.4 Å². The summed E-state index contributed by atoms with van der Waals surface area (Å²) in [6, 6.07) is 35.6. The predicted molar refractivity (Wildman–Crippen MR) is 169 cm³/mol. The second-order valence-corrected chi connectivity index (χ2v) is 11.4. The van der Waals surface area contributed by atoms with Crippen molar-refractivity contribution < 1.29 is 19.2 Å². The molecule has 1 atom stereocenters. The molecule has 6 rings (SSSR count). The molecule has 0 heterocycles. The van der Waals surface area contributed by atoms with Crippen LogP contribution >= 0.6 is 11.8 Å². The number of hydrogen-bond acceptors (Lipinski definition) is 5. The molecular formula is C36H26N2O4S. The predicted octanol–water partition coefficient (Wildman–Crippen LogP) is 7.49. The number of carbonyl (C=O) groups is 4. The van der Waals surface area contributed by atoms with Crippen molar-refractivity contribution >= 4 is 46.5 Å². The van der Waals surface area contributed by atoms with E-state index in [9.17, 15) is 19.2 Å². The lowest BCUT2D eigenvalue weighted by Crippen LogP contribution is -2.25. The SMILES string of the molecule is Cc1ccc(C(=O)Nc2ccc(SC(C(=O)Nc3cccc4c3C(=O)c3ccccc3C4=O)c3ccccc3)cc2)cc1. The minimum Gasteiger partial charge on any atom is -0.324 e. The Bertz CT molecular complexity index is 1870. The summed E-state index contributed by atoms with van der Waals surface area (Å²) in [6.45, 7) is 1.97. The van der Waals surface area contributed by atoms with E-state index < -0.39 is 5.25 Å². The Morgan fingerprint density at radius 2 is 1.26 bits per heavy atom. The molecule has 1 aliphatic carbocycles. The van der Waals surface area contributed by atoms with Crippen LogP contribution in [0.25, 0.3) is 0 Å². The fourth-order valence-corrected chi connectivity index (χ4v) is 6.03. The average molecular weight is 583 g/mol. The highest BCUT2D eigenvalue weighted by Gasteiger charge is 2.32. The van der Waals surface area contributed by atoms with Crippen molar-refractivity contribution in [1.29, 1.82) is 0 Å². The van der Waals surface area contributed by atoms with Crippen LogP contribution in [0.1, 0.15) is 58.6 Å². The standard InChI is InChI=1S/C36H26N2O4S/c1-22-14-16-24(17-15-22)35(41)37-25-18-20-26(21-19-25)43-34(23-8-3-2-4-9-23)36(42)38-30-13-7-12-29-31(30)33(40)28-11-6-5-10-27(28)32(29)39/h2-21,34H,1H3,(H,37,41)(H,38,42). The molecule has 0 aromatic heterocycles. The molecule has 1 aliphatic rings. The maximum atomic E-state index is 13.8. The lowest BCUT2D eigenvalue weighted by molar-refractivity contribution is -0.115. The van der Waals surface area contributed by atoms with Gasteiger partial charge >= 0.3 is 0 Å². The molecule has 0 aliphatic heterocycles. The minimum absolute atomic E-state index is 0.199. The Kier molecular flexibility index (Phi) is 7.73. The summed E-state index contributed by atoms with van der Waals surface area (Å²) < 4.78 is 0. The quantitative estimate of drug-likeness (QED) is 0.190. The molecule has 0 bridgehead atoms. The molecule has 6 nitrogen and oxygen atoms in total. The number of nitrogens with one attached hydrogen (secondary N) is 2. The monoisotopic (exact) mass is 582 g/mol. The van der Waals surface area contributed by atoms with E-state index in [4.69, 9.17) is 0 Å². The number of carbonyl (C=O) groups excluding carboxylic acids is 4. The van der Waals surface area contributed by atoms with Gasteiger partial charge in [0.15, 0.2) is 11.6 Å². The second kappa shape index (κ2) is 11.9. The van der Waals surface area contributed by atoms with Crippen LogP contribution in [0.15, 0.2) is 126 Å². The zero-order valence-corrected chi connectivity index (χ0v) is 24.0. The number of anilines is 2. The molecule has 0 spiro atoms. The molecule has 0 saturated carbocycles. The van der Waals surface area contributed by atoms with Crippen molar-refractivity contribution in [2.75, 3.05) is 10.6 Å². The van der Waals surface area contributed by atoms with Crippen molar-refractivity contribution in [3.63, 3.8) is 0 Å². The van der Waals surface area contributed by atoms with Gasteiger partial charge in [-0.2, -0.15) is 0 Å². The van der Waals surface area contributed by atoms with Crippen molar-refractivity contribution in [2.45, 2.75) is 17.1 Å². The lowest BCUT2D eigenvalue weighted by atomic mass is 9.83. The van der Waals surface area contributed by atoms with Crippen molar-refractivity contribution in [1.82, 2.24) is 0 Å². The van der Waals surface area contributed by atoms with Crippen LogP contribution in [0.4, 0.5) is 11.4 Å². The van der Waals surface area contributed by atoms with Crippen LogP contribution in [0.2, 0.25) is 0 Å². The molecular weight excluding hydrogens is 556 g/mol. The van der Waals surface area contributed by atoms with Crippen LogP contribution < -0.4 is 10.6 Å². The Morgan fingerprint density at radius 1 is 0.628 bits per heavy atom. The fraction of sp³-hybridized carbons (Fsp3) is 0.0556. The highest BCUT2D eigenvalue weighted by atomic mass is 32.2. The summed E-state index contributed by atoms with van der Waals surface area (Å²) in [6.07, 6.45) is 0. The topological polar surface area (TPSA) is 92.3 Å². The first-order valence-electron chi connectivity index (χ1n) is 13.7. The van der Waals surface area contributed by atoms with E-state index in [1.165, 1.54) is 11.8 Å². The second-order valence-electron chi connectivity index (χ2n) is 10.2. The van der Waals surface area contributed by atoms with Crippen LogP contribution in [0.5, 0.6) is 0 Å². The van der Waals surface area contributed by atoms with Crippen LogP contribution in [0, 0.1) is 6.92 Å². The van der Waals surface area contributed by atoms with Crippen molar-refractivity contribution in [3.8, 4) is 0 Å². The molecule has 2 N–H and O–H groups in total. The Morgan fingerprint density at radius 3 is 1.95 bits per heavy atom. The molecule has 210 valence electrons. The summed E-state index contributed by atoms with van der Waals surface area (Å²) in [7, 11) is 0. The maximum absolute atomic E-state index is 13.8. The first-order chi connectivity index (χ1) is 20.9. The Labute approximate surface area is 253 Å². The van der Waals surface area contributed by atoms with E-state index >= 15 is 0 Å². The number of ketones is 2. The third-order valence-corrected chi connectivity index (χ3v) is 8.50. The van der Waals surface area contributed by atoms with Gasteiger partial charge < -0.3 is 10.6 Å². The molecule has 1 unspecified atom stereocenters. The normalized spacial score (nSPS) is 12.6. The van der Waals surface area contributed by atoms with Gasteiger partial charge in [0, 0.05) is 32.8 Å². The van der Waals surface area contributed by atoms with Gasteiger partial charge in [-0.3, -0.25) is 19.2 Å². The Hall–Kier alpha value is -5.27. The van der Waals surface area contributed by atoms with Gasteiger partial charge in [0.05, 0.1) is 11.3 Å². The summed E-state index contributed by atoms with van der Waals surface area (Å²) >= 11 is 1.35. The summed E-state index contributed by atoms with van der Waals surface area (Å²) in [5, 5.41) is 5.18. The molecule has 43 heavy (non-hydrogen) atoms. The highest BCUT2D eigenvalue weighted by Crippen LogP contribution is 2.38. The molecule has 2 amide bonds. The number of hydrogen-bond donors (Lipinski definition) is 2. The fourth-order valence-electron chi connectivity index (χ4n) is 5.01. The van der Waals surface area contributed by atoms with Gasteiger partial charge in [0.1, 0.15) is 5.25 Å². The number of benzene rings is 5. The third kappa shape index (κ3) is 5.76. The highest BCUT2D eigenvalue weighted by molar-refractivity contribution is 8.00. The molecule has 0 radical (unpaired) electrons. The van der Waals surface area contributed by atoms with Crippen molar-refractivity contribution in [3.05, 3.63) is 160 Å². The third-order valence-electron chi connectivity index (χ3n) is 7.23. The van der Waals surface area contributed by atoms with E-state index in [0.29, 0.717) is 28.1 Å². The first-order valence-corrected chi connectivity index (χ1v) is 14.6. The van der Waals surface area contributed by atoms with Gasteiger partial charge in [-0.25, -0.2) is 0 Å². The van der Waals surface area contributed by atoms with Gasteiger partial charge in [-0.1, -0.05) is 84.4 Å². The first kappa shape index (κ1) is 27.9. The van der Waals surface area contributed by atoms with Crippen LogP contribution in [-0.2, 0) is 4.79 Å². The van der Waals surface area contributed by atoms with E-state index in [1.54, 1.807) is 66.7 Å². The number of fused-ring (bicyclic) bond motifs is 2. The number of aryl methyl sites for hydroxylation is 1. The summed E-state index contributed by atoms with van der Waals surface area (Å²) in [5.74, 6) is -1.08. The van der Waals surface area contributed by atoms with Crippen LogP contribution in [0.3, 0.4) is 0 Å². The molecule has 5 aromatic rings. The summed E-state index contributed by atoms with van der Waals surface area (Å²) in [5.41, 5.74) is 4.51. The average Bonchev–Trinajstić information content (AvgIpc) is 3.04. The Balaban J connectivity index is 1.24. The van der Waals surface area contributed by atoms with E-state index in [0.717, 1.165) is 16.0 Å². The van der Waals surface area contributed by atoms with Gasteiger partial charge in [0.25, 0.3) is 5.91 Å². The maximum Gasteiger partial charge on any atom is 0.255 e. The number of rotatable bonds is 7. The summed E-state index contributed by atoms with van der Waals surface area (Å²) in [4.78, 5) is 53.9. The zero-order valence-electron chi connectivity index (χ0n) is 23.2. The smallest absolute Gasteiger partial charge is 0.255 e. The molecule has 0 fully saturated rings. The van der Waals surface area contributed by atoms with Gasteiger partial charge in [0.2, 0.25) is 5.91 Å². The molecule has 7 heteroatoms. The van der Waals surface area contributed by atoms with Crippen molar-refractivity contribution in [2.24, 2.45) is 0 Å². The van der Waals surface area contributed by atoms with Gasteiger partial charge in [-0.15, -0.1) is 11.8 Å². The molecule has 0 saturated heterocycles. The number of amides is 2. The van der Waals surface area contributed by atoms with E-state index in [2.05, 4.69) is 10.6 Å². The largest absolute Gasteiger partial charge is 0.324 e. The van der Waals surface area contributed by atoms with E-state index in [-0.39, 0.29) is 34.5 Å². The zero-order chi connectivity index (χ0) is 29.9. The minimum atomic E-state index is -0.660. The molecule has 5 aromatic carbocycles. The van der Waals surface area contributed by atoms with Gasteiger partial charge in [-0.05, 0) is 55.0 Å².